The number of phenolic OH excluding ortho intramolecular Hbond substituents is 1. The number of sulfonamides is 1. The fraction of sp³-hybridized carbons (Fsp3) is 0.333. The normalized spacial score (nSPS) is 18.0. The van der Waals surface area contributed by atoms with E-state index in [-0.39, 0.29) is 23.6 Å². The van der Waals surface area contributed by atoms with Crippen LogP contribution in [0.3, 0.4) is 0 Å². The lowest BCUT2D eigenvalue weighted by Gasteiger charge is -2.25. The van der Waals surface area contributed by atoms with Gasteiger partial charge in [-0.15, -0.1) is 0 Å². The summed E-state index contributed by atoms with van der Waals surface area (Å²) in [5.74, 6) is -1.09. The molecule has 2 N–H and O–H groups in total. The number of methoxy groups -OCH3 is 1. The minimum absolute atomic E-state index is 0.0881. The molecule has 0 radical (unpaired) electrons. The highest BCUT2D eigenvalue weighted by Crippen LogP contribution is 2.26. The Kier molecular flexibility index (Phi) is 6.73. The van der Waals surface area contributed by atoms with E-state index in [1.54, 1.807) is 30.3 Å². The van der Waals surface area contributed by atoms with Crippen LogP contribution >= 0.6 is 0 Å². The molecule has 0 unspecified atom stereocenters. The molecule has 1 fully saturated rings. The van der Waals surface area contributed by atoms with Crippen molar-refractivity contribution in [3.8, 4) is 5.75 Å². The Hall–Kier alpha value is -2.91. The fourth-order valence-electron chi connectivity index (χ4n) is 3.49. The standard InChI is InChI=1S/C21H24N2O6S/c1-29-21(26)18(14-15-9-11-16(24)12-10-15)22-20(25)19-8-5-13-23(19)30(27,28)17-6-3-2-4-7-17/h2-4,6-7,9-12,18-19,24H,5,8,13-14H2,1H3,(H,22,25)/t18-,19+/m1/s1. The molecule has 3 rings (SSSR count). The van der Waals surface area contributed by atoms with E-state index in [0.29, 0.717) is 18.4 Å². The lowest BCUT2D eigenvalue weighted by Crippen LogP contribution is -2.51. The molecule has 0 aliphatic carbocycles. The summed E-state index contributed by atoms with van der Waals surface area (Å²) in [6, 6.07) is 12.3. The third-order valence-electron chi connectivity index (χ3n) is 5.03. The molecule has 0 bridgehead atoms. The minimum atomic E-state index is -3.83. The zero-order chi connectivity index (χ0) is 21.7. The van der Waals surface area contributed by atoms with Crippen LogP contribution in [0.2, 0.25) is 0 Å². The number of rotatable bonds is 7. The van der Waals surface area contributed by atoms with Gasteiger partial charge >= 0.3 is 5.97 Å². The summed E-state index contributed by atoms with van der Waals surface area (Å²) in [6.45, 7) is 0.232. The van der Waals surface area contributed by atoms with E-state index < -0.39 is 34.0 Å². The number of nitrogens with zero attached hydrogens (tertiary/aromatic N) is 1. The number of phenols is 1. The van der Waals surface area contributed by atoms with Gasteiger partial charge in [0, 0.05) is 13.0 Å². The van der Waals surface area contributed by atoms with E-state index in [4.69, 9.17) is 4.74 Å². The molecular weight excluding hydrogens is 408 g/mol. The summed E-state index contributed by atoms with van der Waals surface area (Å²) in [7, 11) is -2.61. The van der Waals surface area contributed by atoms with E-state index in [1.807, 2.05) is 0 Å². The van der Waals surface area contributed by atoms with Crippen LogP contribution in [0.15, 0.2) is 59.5 Å². The largest absolute Gasteiger partial charge is 0.508 e. The van der Waals surface area contributed by atoms with Crippen molar-refractivity contribution in [2.45, 2.75) is 36.2 Å². The highest BCUT2D eigenvalue weighted by atomic mass is 32.2. The molecule has 0 aromatic heterocycles. The number of hydrogen-bond acceptors (Lipinski definition) is 6. The van der Waals surface area contributed by atoms with Crippen LogP contribution in [0, 0.1) is 0 Å². The number of carbonyl (C=O) groups is 2. The Labute approximate surface area is 175 Å². The van der Waals surface area contributed by atoms with Crippen molar-refractivity contribution in [2.24, 2.45) is 0 Å². The predicted molar refractivity (Wildman–Crippen MR) is 109 cm³/mol. The first-order chi connectivity index (χ1) is 14.3. The van der Waals surface area contributed by atoms with Crippen LogP contribution in [0.4, 0.5) is 0 Å². The highest BCUT2D eigenvalue weighted by Gasteiger charge is 2.40. The second-order valence-electron chi connectivity index (χ2n) is 7.04. The first kappa shape index (κ1) is 21.8. The molecule has 1 aliphatic heterocycles. The number of ether oxygens (including phenoxy) is 1. The van der Waals surface area contributed by atoms with Gasteiger partial charge in [-0.25, -0.2) is 13.2 Å². The van der Waals surface area contributed by atoms with Gasteiger partial charge < -0.3 is 15.2 Å². The predicted octanol–water partition coefficient (Wildman–Crippen LogP) is 1.45. The number of hydrogen-bond donors (Lipinski definition) is 2. The van der Waals surface area contributed by atoms with E-state index in [9.17, 15) is 23.1 Å². The third-order valence-corrected chi connectivity index (χ3v) is 6.96. The summed E-state index contributed by atoms with van der Waals surface area (Å²) >= 11 is 0. The van der Waals surface area contributed by atoms with E-state index in [2.05, 4.69) is 5.32 Å². The summed E-state index contributed by atoms with van der Waals surface area (Å²) in [5, 5.41) is 12.1. The average Bonchev–Trinajstić information content (AvgIpc) is 3.26. The van der Waals surface area contributed by atoms with E-state index >= 15 is 0 Å². The molecule has 30 heavy (non-hydrogen) atoms. The van der Waals surface area contributed by atoms with E-state index in [1.165, 1.54) is 35.7 Å². The van der Waals surface area contributed by atoms with Crippen LogP contribution in [-0.4, -0.2) is 55.4 Å². The lowest BCUT2D eigenvalue weighted by atomic mass is 10.1. The third kappa shape index (κ3) is 4.80. The molecule has 9 heteroatoms. The maximum absolute atomic E-state index is 13.0. The van der Waals surface area contributed by atoms with Crippen LogP contribution in [0.1, 0.15) is 18.4 Å². The second-order valence-corrected chi connectivity index (χ2v) is 8.93. The molecule has 1 heterocycles. The quantitative estimate of drug-likeness (QED) is 0.641. The van der Waals surface area contributed by atoms with E-state index in [0.717, 1.165) is 0 Å². The topological polar surface area (TPSA) is 113 Å². The molecule has 2 aromatic rings. The molecule has 2 aromatic carbocycles. The monoisotopic (exact) mass is 432 g/mol. The SMILES string of the molecule is COC(=O)[C@@H](Cc1ccc(O)cc1)NC(=O)[C@@H]1CCCN1S(=O)(=O)c1ccccc1. The van der Waals surface area contributed by atoms with Gasteiger partial charge in [0.05, 0.1) is 12.0 Å². The minimum Gasteiger partial charge on any atom is -0.508 e. The fourth-order valence-corrected chi connectivity index (χ4v) is 5.17. The Morgan fingerprint density at radius 3 is 2.47 bits per heavy atom. The second kappa shape index (κ2) is 9.27. The number of benzene rings is 2. The first-order valence-corrected chi connectivity index (χ1v) is 11.0. The van der Waals surface area contributed by atoms with Crippen LogP contribution in [0.25, 0.3) is 0 Å². The number of esters is 1. The van der Waals surface area contributed by atoms with Gasteiger partial charge in [-0.1, -0.05) is 30.3 Å². The molecule has 0 saturated carbocycles. The molecule has 160 valence electrons. The van der Waals surface area contributed by atoms with Crippen molar-refractivity contribution in [2.75, 3.05) is 13.7 Å². The summed E-state index contributed by atoms with van der Waals surface area (Å²) in [4.78, 5) is 25.3. The molecule has 1 saturated heterocycles. The van der Waals surface area contributed by atoms with Crippen molar-refractivity contribution in [3.63, 3.8) is 0 Å². The number of amides is 1. The number of aromatic hydroxyl groups is 1. The molecule has 1 aliphatic rings. The Morgan fingerprint density at radius 1 is 1.17 bits per heavy atom. The zero-order valence-corrected chi connectivity index (χ0v) is 17.3. The van der Waals surface area contributed by atoms with Gasteiger partial charge in [0.25, 0.3) is 0 Å². The molecule has 1 amide bonds. The lowest BCUT2D eigenvalue weighted by molar-refractivity contribution is -0.145. The maximum atomic E-state index is 13.0. The van der Waals surface area contributed by atoms with Gasteiger partial charge in [0.2, 0.25) is 15.9 Å². The van der Waals surface area contributed by atoms with Crippen molar-refractivity contribution in [1.29, 1.82) is 0 Å². The van der Waals surface area contributed by atoms with Crippen LogP contribution in [-0.2, 0) is 30.8 Å². The Bertz CT molecular complexity index is 992. The van der Waals surface area contributed by atoms with Gasteiger partial charge in [0.15, 0.2) is 0 Å². The van der Waals surface area contributed by atoms with Crippen molar-refractivity contribution in [1.82, 2.24) is 9.62 Å². The maximum Gasteiger partial charge on any atom is 0.328 e. The molecule has 2 atom stereocenters. The van der Waals surface area contributed by atoms with Gasteiger partial charge in [-0.3, -0.25) is 4.79 Å². The van der Waals surface area contributed by atoms with Crippen molar-refractivity contribution in [3.05, 3.63) is 60.2 Å². The number of nitrogens with one attached hydrogen (secondary N) is 1. The Balaban J connectivity index is 1.77. The van der Waals surface area contributed by atoms with Gasteiger partial charge in [0.1, 0.15) is 17.8 Å². The van der Waals surface area contributed by atoms with Crippen molar-refractivity contribution >= 4 is 21.9 Å². The van der Waals surface area contributed by atoms with Gasteiger partial charge in [-0.2, -0.15) is 4.31 Å². The number of carbonyl (C=O) groups excluding carboxylic acids is 2. The highest BCUT2D eigenvalue weighted by molar-refractivity contribution is 7.89. The first-order valence-electron chi connectivity index (χ1n) is 9.56. The summed E-state index contributed by atoms with van der Waals surface area (Å²) in [6.07, 6.45) is 1.06. The molecular formula is C21H24N2O6S. The molecule has 8 nitrogen and oxygen atoms in total. The van der Waals surface area contributed by atoms with Crippen LogP contribution < -0.4 is 5.32 Å². The average molecular weight is 432 g/mol. The van der Waals surface area contributed by atoms with Crippen LogP contribution in [0.5, 0.6) is 5.75 Å². The Morgan fingerprint density at radius 2 is 1.83 bits per heavy atom. The molecule has 0 spiro atoms. The van der Waals surface area contributed by atoms with Crippen molar-refractivity contribution < 1.29 is 27.9 Å². The smallest absolute Gasteiger partial charge is 0.328 e. The summed E-state index contributed by atoms with van der Waals surface area (Å²) < 4.78 is 31.9. The zero-order valence-electron chi connectivity index (χ0n) is 16.5. The summed E-state index contributed by atoms with van der Waals surface area (Å²) in [5.41, 5.74) is 0.712. The van der Waals surface area contributed by atoms with Gasteiger partial charge in [-0.05, 0) is 42.7 Å².